The first-order valence-electron chi connectivity index (χ1n) is 5.53. The van der Waals surface area contributed by atoms with Gasteiger partial charge in [0.25, 0.3) is 0 Å². The molecule has 0 saturated carbocycles. The van der Waals surface area contributed by atoms with Gasteiger partial charge in [0.05, 0.1) is 19.8 Å². The molecule has 1 aromatic rings. The predicted molar refractivity (Wildman–Crippen MR) is 66.6 cm³/mol. The third-order valence-electron chi connectivity index (χ3n) is 2.63. The Morgan fingerprint density at radius 2 is 1.89 bits per heavy atom. The number of aromatic nitrogens is 2. The lowest BCUT2D eigenvalue weighted by Gasteiger charge is -2.27. The highest BCUT2D eigenvalue weighted by Crippen LogP contribution is 2.18. The van der Waals surface area contributed by atoms with Crippen molar-refractivity contribution in [3.8, 4) is 0 Å². The van der Waals surface area contributed by atoms with Gasteiger partial charge in [-0.05, 0) is 6.92 Å². The Kier molecular flexibility index (Phi) is 4.87. The highest BCUT2D eigenvalue weighted by molar-refractivity contribution is 7.89. The molecule has 0 aliphatic heterocycles. The topological polar surface area (TPSA) is 151 Å². The van der Waals surface area contributed by atoms with Crippen molar-refractivity contribution < 1.29 is 23.7 Å². The van der Waals surface area contributed by atoms with E-state index >= 15 is 0 Å². The lowest BCUT2D eigenvalue weighted by molar-refractivity contribution is 0.0582. The van der Waals surface area contributed by atoms with E-state index in [9.17, 15) is 8.42 Å². The Morgan fingerprint density at radius 3 is 2.26 bits per heavy atom. The van der Waals surface area contributed by atoms with Crippen LogP contribution in [-0.4, -0.2) is 58.9 Å². The molecule has 1 heterocycles. The number of hydrogen-bond donors (Lipinski definition) is 5. The maximum absolute atomic E-state index is 12.1. The van der Waals surface area contributed by atoms with Crippen molar-refractivity contribution in [2.24, 2.45) is 0 Å². The first-order valence-corrected chi connectivity index (χ1v) is 7.02. The third-order valence-corrected chi connectivity index (χ3v) is 4.22. The van der Waals surface area contributed by atoms with Crippen LogP contribution in [0.1, 0.15) is 6.92 Å². The zero-order chi connectivity index (χ0) is 14.7. The number of aliphatic hydroxyl groups is 3. The fraction of sp³-hybridized carbons (Fsp3) is 0.667. The summed E-state index contributed by atoms with van der Waals surface area (Å²) in [7, 11) is -4.11. The van der Waals surface area contributed by atoms with E-state index in [-0.39, 0.29) is 10.7 Å². The molecule has 1 rings (SSSR count). The van der Waals surface area contributed by atoms with Crippen LogP contribution >= 0.6 is 0 Å². The Hall–Kier alpha value is -1.20. The van der Waals surface area contributed by atoms with Gasteiger partial charge in [0.1, 0.15) is 10.4 Å². The molecule has 110 valence electrons. The number of sulfonamides is 1. The van der Waals surface area contributed by atoms with E-state index in [0.717, 1.165) is 0 Å². The highest BCUT2D eigenvalue weighted by atomic mass is 32.2. The minimum atomic E-state index is -4.11. The normalized spacial score (nSPS) is 12.8. The third kappa shape index (κ3) is 3.22. The van der Waals surface area contributed by atoms with Crippen LogP contribution in [0.3, 0.4) is 0 Å². The van der Waals surface area contributed by atoms with Crippen LogP contribution in [0.15, 0.2) is 11.1 Å². The fourth-order valence-corrected chi connectivity index (χ4v) is 2.82. The number of nitrogens with two attached hydrogens (primary N) is 1. The molecule has 0 atom stereocenters. The maximum atomic E-state index is 12.1. The smallest absolute Gasteiger partial charge is 0.246 e. The number of aryl methyl sites for hydroxylation is 1. The molecule has 0 spiro atoms. The van der Waals surface area contributed by atoms with Crippen molar-refractivity contribution in [1.29, 1.82) is 0 Å². The van der Waals surface area contributed by atoms with Crippen molar-refractivity contribution in [2.45, 2.75) is 23.9 Å². The summed E-state index contributed by atoms with van der Waals surface area (Å²) in [5.41, 5.74) is 3.76. The van der Waals surface area contributed by atoms with Crippen LogP contribution in [0.2, 0.25) is 0 Å². The van der Waals surface area contributed by atoms with Crippen molar-refractivity contribution in [1.82, 2.24) is 14.5 Å². The first kappa shape index (κ1) is 15.9. The largest absolute Gasteiger partial charge is 0.394 e. The zero-order valence-corrected chi connectivity index (χ0v) is 11.3. The molecule has 0 unspecified atom stereocenters. The SMILES string of the molecule is CCn1cc(S(=O)(=O)NC(CO)(CO)CO)c(N)n1. The minimum Gasteiger partial charge on any atom is -0.394 e. The summed E-state index contributed by atoms with van der Waals surface area (Å²) in [5.74, 6) is -0.197. The molecule has 0 aromatic carbocycles. The summed E-state index contributed by atoms with van der Waals surface area (Å²) < 4.78 is 27.6. The molecule has 19 heavy (non-hydrogen) atoms. The van der Waals surface area contributed by atoms with Crippen molar-refractivity contribution in [3.05, 3.63) is 6.20 Å². The summed E-state index contributed by atoms with van der Waals surface area (Å²) in [6.45, 7) is -0.0935. The lowest BCUT2D eigenvalue weighted by Crippen LogP contribution is -2.56. The lowest BCUT2D eigenvalue weighted by atomic mass is 10.1. The van der Waals surface area contributed by atoms with Gasteiger partial charge in [-0.1, -0.05) is 0 Å². The number of hydrogen-bond acceptors (Lipinski definition) is 7. The van der Waals surface area contributed by atoms with Crippen LogP contribution in [0.4, 0.5) is 5.82 Å². The van der Waals surface area contributed by atoms with E-state index < -0.39 is 35.4 Å². The molecule has 0 fully saturated rings. The fourth-order valence-electron chi connectivity index (χ4n) is 1.37. The van der Waals surface area contributed by atoms with Gasteiger partial charge in [0.2, 0.25) is 10.0 Å². The second-order valence-corrected chi connectivity index (χ2v) is 5.75. The first-order chi connectivity index (χ1) is 8.84. The second kappa shape index (κ2) is 5.84. The maximum Gasteiger partial charge on any atom is 0.246 e. The van der Waals surface area contributed by atoms with Crippen molar-refractivity contribution in [3.63, 3.8) is 0 Å². The van der Waals surface area contributed by atoms with Crippen molar-refractivity contribution in [2.75, 3.05) is 25.6 Å². The van der Waals surface area contributed by atoms with E-state index in [4.69, 9.17) is 21.1 Å². The Morgan fingerprint density at radius 1 is 1.37 bits per heavy atom. The number of nitrogen functional groups attached to an aromatic ring is 1. The predicted octanol–water partition coefficient (Wildman–Crippen LogP) is -2.52. The molecule has 1 aromatic heterocycles. The number of aliphatic hydroxyl groups excluding tert-OH is 3. The molecule has 0 aliphatic rings. The Bertz CT molecular complexity index is 514. The standard InChI is InChI=1S/C9H18N4O5S/c1-2-13-3-7(8(10)11-13)19(17,18)12-9(4-14,5-15)6-16/h3,12,14-16H,2,4-6H2,1H3,(H2,10,11). The summed E-state index contributed by atoms with van der Waals surface area (Å²) in [4.78, 5) is -0.269. The van der Waals surface area contributed by atoms with E-state index in [1.54, 1.807) is 6.92 Å². The highest BCUT2D eigenvalue weighted by Gasteiger charge is 2.35. The van der Waals surface area contributed by atoms with Gasteiger partial charge in [-0.15, -0.1) is 0 Å². The molecule has 6 N–H and O–H groups in total. The molecule has 0 radical (unpaired) electrons. The molecule has 0 saturated heterocycles. The van der Waals surface area contributed by atoms with E-state index in [1.165, 1.54) is 10.9 Å². The Balaban J connectivity index is 3.13. The van der Waals surface area contributed by atoms with Crippen LogP contribution in [-0.2, 0) is 16.6 Å². The summed E-state index contributed by atoms with van der Waals surface area (Å²) >= 11 is 0. The van der Waals surface area contributed by atoms with Gasteiger partial charge in [-0.2, -0.15) is 9.82 Å². The molecule has 0 aliphatic carbocycles. The van der Waals surface area contributed by atoms with Crippen LogP contribution in [0.5, 0.6) is 0 Å². The van der Waals surface area contributed by atoms with Crippen LogP contribution < -0.4 is 10.5 Å². The summed E-state index contributed by atoms with van der Waals surface area (Å²) in [6, 6.07) is 0. The summed E-state index contributed by atoms with van der Waals surface area (Å²) in [5, 5.41) is 31.1. The minimum absolute atomic E-state index is 0.197. The molecule has 0 bridgehead atoms. The molecular formula is C9H18N4O5S. The number of nitrogens with one attached hydrogen (secondary N) is 1. The van der Waals surface area contributed by atoms with Gasteiger partial charge in [0, 0.05) is 12.7 Å². The van der Waals surface area contributed by atoms with Gasteiger partial charge >= 0.3 is 0 Å². The van der Waals surface area contributed by atoms with Gasteiger partial charge in [-0.25, -0.2) is 8.42 Å². The number of rotatable bonds is 7. The molecule has 10 heteroatoms. The Labute approximate surface area is 110 Å². The number of nitrogens with zero attached hydrogens (tertiary/aromatic N) is 2. The quantitative estimate of drug-likeness (QED) is 0.372. The van der Waals surface area contributed by atoms with E-state index in [0.29, 0.717) is 6.54 Å². The van der Waals surface area contributed by atoms with E-state index in [2.05, 4.69) is 5.10 Å². The van der Waals surface area contributed by atoms with E-state index in [1.807, 2.05) is 4.72 Å². The average Bonchev–Trinajstić information content (AvgIpc) is 2.78. The molecular weight excluding hydrogens is 276 g/mol. The number of anilines is 1. The van der Waals surface area contributed by atoms with Crippen LogP contribution in [0, 0.1) is 0 Å². The second-order valence-electron chi connectivity index (χ2n) is 4.09. The van der Waals surface area contributed by atoms with Gasteiger partial charge < -0.3 is 21.1 Å². The summed E-state index contributed by atoms with van der Waals surface area (Å²) in [6.07, 6.45) is 1.23. The van der Waals surface area contributed by atoms with Crippen LogP contribution in [0.25, 0.3) is 0 Å². The average molecular weight is 294 g/mol. The zero-order valence-electron chi connectivity index (χ0n) is 10.4. The van der Waals surface area contributed by atoms with Gasteiger partial charge in [0.15, 0.2) is 5.82 Å². The monoisotopic (exact) mass is 294 g/mol. The molecule has 0 amide bonds. The van der Waals surface area contributed by atoms with Crippen molar-refractivity contribution >= 4 is 15.8 Å². The van der Waals surface area contributed by atoms with Gasteiger partial charge in [-0.3, -0.25) is 4.68 Å². The molecule has 9 nitrogen and oxygen atoms in total.